The van der Waals surface area contributed by atoms with Crippen LogP contribution in [0.3, 0.4) is 0 Å². The van der Waals surface area contributed by atoms with Crippen molar-refractivity contribution in [3.05, 3.63) is 28.6 Å². The molecule has 6 heteroatoms. The van der Waals surface area contributed by atoms with Crippen molar-refractivity contribution in [3.8, 4) is 0 Å². The fourth-order valence-corrected chi connectivity index (χ4v) is 1.44. The molecule has 1 rings (SSSR count). The number of aromatic nitrogens is 1. The molecule has 0 aliphatic heterocycles. The SMILES string of the molecule is CC(CCN(C)C)Nc1ccncc1[N+](=O)[O-]. The van der Waals surface area contributed by atoms with Gasteiger partial charge in [-0.15, -0.1) is 0 Å². The van der Waals surface area contributed by atoms with Crippen molar-refractivity contribution >= 4 is 11.4 Å². The van der Waals surface area contributed by atoms with Crippen molar-refractivity contribution in [1.29, 1.82) is 0 Å². The summed E-state index contributed by atoms with van der Waals surface area (Å²) in [4.78, 5) is 16.2. The molecule has 1 aromatic heterocycles. The van der Waals surface area contributed by atoms with Crippen molar-refractivity contribution in [1.82, 2.24) is 9.88 Å². The van der Waals surface area contributed by atoms with Gasteiger partial charge in [0.05, 0.1) is 4.92 Å². The molecule has 0 bridgehead atoms. The molecule has 0 aliphatic rings. The molecular formula is C11H18N4O2. The van der Waals surface area contributed by atoms with Crippen molar-refractivity contribution < 1.29 is 4.92 Å². The van der Waals surface area contributed by atoms with Crippen LogP contribution < -0.4 is 5.32 Å². The lowest BCUT2D eigenvalue weighted by molar-refractivity contribution is -0.384. The third-order valence-corrected chi connectivity index (χ3v) is 2.41. The summed E-state index contributed by atoms with van der Waals surface area (Å²) in [5.74, 6) is 0. The van der Waals surface area contributed by atoms with Crippen molar-refractivity contribution in [2.75, 3.05) is 26.0 Å². The molecule has 1 atom stereocenters. The highest BCUT2D eigenvalue weighted by molar-refractivity contribution is 5.59. The zero-order valence-electron chi connectivity index (χ0n) is 10.4. The van der Waals surface area contributed by atoms with Crippen LogP contribution in [-0.4, -0.2) is 41.5 Å². The van der Waals surface area contributed by atoms with Gasteiger partial charge >= 0.3 is 5.69 Å². The topological polar surface area (TPSA) is 71.3 Å². The van der Waals surface area contributed by atoms with Crippen LogP contribution in [0.5, 0.6) is 0 Å². The van der Waals surface area contributed by atoms with Crippen LogP contribution in [0.25, 0.3) is 0 Å². The van der Waals surface area contributed by atoms with Gasteiger partial charge in [-0.1, -0.05) is 0 Å². The summed E-state index contributed by atoms with van der Waals surface area (Å²) < 4.78 is 0. The second kappa shape index (κ2) is 6.15. The number of nitro groups is 1. The predicted octanol–water partition coefficient (Wildman–Crippen LogP) is 1.74. The average Bonchev–Trinajstić information content (AvgIpc) is 2.27. The summed E-state index contributed by atoms with van der Waals surface area (Å²) in [5, 5.41) is 13.9. The summed E-state index contributed by atoms with van der Waals surface area (Å²) in [6.07, 6.45) is 3.74. The smallest absolute Gasteiger partial charge is 0.310 e. The zero-order chi connectivity index (χ0) is 12.8. The minimum Gasteiger partial charge on any atom is -0.377 e. The molecule has 0 saturated heterocycles. The van der Waals surface area contributed by atoms with Crippen molar-refractivity contribution in [2.45, 2.75) is 19.4 Å². The molecule has 0 aromatic carbocycles. The quantitative estimate of drug-likeness (QED) is 0.603. The highest BCUT2D eigenvalue weighted by Gasteiger charge is 2.14. The normalized spacial score (nSPS) is 12.5. The summed E-state index contributed by atoms with van der Waals surface area (Å²) in [5.41, 5.74) is 0.542. The molecule has 0 aliphatic carbocycles. The average molecular weight is 238 g/mol. The largest absolute Gasteiger partial charge is 0.377 e. The molecular weight excluding hydrogens is 220 g/mol. The summed E-state index contributed by atoms with van der Waals surface area (Å²) >= 11 is 0. The van der Waals surface area contributed by atoms with E-state index >= 15 is 0 Å². The number of hydrogen-bond acceptors (Lipinski definition) is 5. The van der Waals surface area contributed by atoms with E-state index in [1.165, 1.54) is 6.20 Å². The van der Waals surface area contributed by atoms with Crippen molar-refractivity contribution in [2.24, 2.45) is 0 Å². The maximum Gasteiger partial charge on any atom is 0.310 e. The third-order valence-electron chi connectivity index (χ3n) is 2.41. The lowest BCUT2D eigenvalue weighted by Gasteiger charge is -2.17. The Labute approximate surface area is 101 Å². The second-order valence-corrected chi connectivity index (χ2v) is 4.29. The van der Waals surface area contributed by atoms with Crippen LogP contribution in [0.1, 0.15) is 13.3 Å². The van der Waals surface area contributed by atoms with Crippen LogP contribution in [0.15, 0.2) is 18.5 Å². The van der Waals surface area contributed by atoms with Gasteiger partial charge in [0.25, 0.3) is 0 Å². The highest BCUT2D eigenvalue weighted by atomic mass is 16.6. The molecule has 1 aromatic rings. The number of nitrogens with one attached hydrogen (secondary N) is 1. The Hall–Kier alpha value is -1.69. The van der Waals surface area contributed by atoms with Crippen LogP contribution in [-0.2, 0) is 0 Å². The van der Waals surface area contributed by atoms with Crippen LogP contribution in [0.4, 0.5) is 11.4 Å². The number of rotatable bonds is 6. The first-order valence-electron chi connectivity index (χ1n) is 5.50. The molecule has 1 heterocycles. The Kier molecular flexibility index (Phi) is 4.84. The maximum atomic E-state index is 10.8. The predicted molar refractivity (Wildman–Crippen MR) is 67.1 cm³/mol. The van der Waals surface area contributed by atoms with Gasteiger partial charge in [0, 0.05) is 12.2 Å². The number of nitrogens with zero attached hydrogens (tertiary/aromatic N) is 3. The molecule has 1 unspecified atom stereocenters. The molecule has 0 radical (unpaired) electrons. The first-order chi connectivity index (χ1) is 8.00. The van der Waals surface area contributed by atoms with Gasteiger partial charge in [-0.2, -0.15) is 0 Å². The van der Waals surface area contributed by atoms with E-state index in [0.717, 1.165) is 13.0 Å². The lowest BCUT2D eigenvalue weighted by Crippen LogP contribution is -2.23. The fraction of sp³-hybridized carbons (Fsp3) is 0.545. The Morgan fingerprint density at radius 2 is 2.29 bits per heavy atom. The molecule has 94 valence electrons. The second-order valence-electron chi connectivity index (χ2n) is 4.29. The fourth-order valence-electron chi connectivity index (χ4n) is 1.44. The maximum absolute atomic E-state index is 10.8. The van der Waals surface area contributed by atoms with Gasteiger partial charge in [-0.3, -0.25) is 15.1 Å². The van der Waals surface area contributed by atoms with Gasteiger partial charge in [0.15, 0.2) is 0 Å². The Morgan fingerprint density at radius 1 is 1.59 bits per heavy atom. The van der Waals surface area contributed by atoms with Gasteiger partial charge in [0.1, 0.15) is 11.9 Å². The first kappa shape index (κ1) is 13.4. The number of hydrogen-bond donors (Lipinski definition) is 1. The number of pyridine rings is 1. The van der Waals surface area contributed by atoms with E-state index < -0.39 is 4.92 Å². The number of anilines is 1. The Balaban J connectivity index is 2.64. The van der Waals surface area contributed by atoms with E-state index in [-0.39, 0.29) is 11.7 Å². The van der Waals surface area contributed by atoms with Crippen LogP contribution in [0.2, 0.25) is 0 Å². The third kappa shape index (κ3) is 4.36. The Bertz CT molecular complexity index is 381. The summed E-state index contributed by atoms with van der Waals surface area (Å²) in [7, 11) is 4.00. The molecule has 0 spiro atoms. The van der Waals surface area contributed by atoms with Gasteiger partial charge in [0.2, 0.25) is 0 Å². The zero-order valence-corrected chi connectivity index (χ0v) is 10.4. The lowest BCUT2D eigenvalue weighted by atomic mass is 10.2. The standard InChI is InChI=1S/C11H18N4O2/c1-9(5-7-14(2)3)13-10-4-6-12-8-11(10)15(16)17/h4,6,8-9H,5,7H2,1-3H3,(H,12,13). The van der Waals surface area contributed by atoms with E-state index in [4.69, 9.17) is 0 Å². The molecule has 0 amide bonds. The molecule has 6 nitrogen and oxygen atoms in total. The van der Waals surface area contributed by atoms with Crippen LogP contribution in [0, 0.1) is 10.1 Å². The van der Waals surface area contributed by atoms with E-state index in [1.54, 1.807) is 12.3 Å². The summed E-state index contributed by atoms with van der Waals surface area (Å²) in [6, 6.07) is 1.81. The van der Waals surface area contributed by atoms with Gasteiger partial charge in [-0.05, 0) is 40.1 Å². The first-order valence-corrected chi connectivity index (χ1v) is 5.50. The minimum absolute atomic E-state index is 0.0178. The van der Waals surface area contributed by atoms with Crippen molar-refractivity contribution in [3.63, 3.8) is 0 Å². The van der Waals surface area contributed by atoms with E-state index in [0.29, 0.717) is 5.69 Å². The molecule has 1 N–H and O–H groups in total. The van der Waals surface area contributed by atoms with Crippen LogP contribution >= 0.6 is 0 Å². The van der Waals surface area contributed by atoms with E-state index in [9.17, 15) is 10.1 Å². The van der Waals surface area contributed by atoms with E-state index in [2.05, 4.69) is 15.2 Å². The minimum atomic E-state index is -0.423. The summed E-state index contributed by atoms with van der Waals surface area (Å²) in [6.45, 7) is 2.95. The highest BCUT2D eigenvalue weighted by Crippen LogP contribution is 2.22. The molecule has 17 heavy (non-hydrogen) atoms. The Morgan fingerprint density at radius 3 is 2.88 bits per heavy atom. The van der Waals surface area contributed by atoms with E-state index in [1.807, 2.05) is 21.0 Å². The molecule has 0 saturated carbocycles. The molecule has 0 fully saturated rings. The van der Waals surface area contributed by atoms with Gasteiger partial charge in [-0.25, -0.2) is 0 Å². The van der Waals surface area contributed by atoms with Gasteiger partial charge < -0.3 is 10.2 Å². The monoisotopic (exact) mass is 238 g/mol.